The van der Waals surface area contributed by atoms with E-state index in [1.165, 1.54) is 73.8 Å². The van der Waals surface area contributed by atoms with Gasteiger partial charge < -0.3 is 0 Å². The number of rotatable bonds is 9. The molecule has 1 aliphatic heterocycles. The second-order valence-corrected chi connectivity index (χ2v) is 13.2. The summed E-state index contributed by atoms with van der Waals surface area (Å²) in [6, 6.07) is 29.2. The van der Waals surface area contributed by atoms with Crippen LogP contribution in [0.1, 0.15) is 51.0 Å². The Labute approximate surface area is 195 Å². The number of unbranched alkanes of at least 4 members (excludes halogenated alkanes) is 2. The Morgan fingerprint density at radius 2 is 1.22 bits per heavy atom. The zero-order chi connectivity index (χ0) is 22.2. The van der Waals surface area contributed by atoms with E-state index in [1.54, 1.807) is 18.1 Å². The number of benzene rings is 3. The Morgan fingerprint density at radius 1 is 0.719 bits per heavy atom. The van der Waals surface area contributed by atoms with E-state index in [0.717, 1.165) is 17.0 Å². The number of aryl methyl sites for hydroxylation is 1. The van der Waals surface area contributed by atoms with Gasteiger partial charge >= 0.3 is 0 Å². The fraction of sp³-hybridized carbons (Fsp3) is 0.400. The first kappa shape index (κ1) is 23.0. The van der Waals surface area contributed by atoms with E-state index < -0.39 is 0 Å². The van der Waals surface area contributed by atoms with Crippen molar-refractivity contribution in [3.63, 3.8) is 0 Å². The third-order valence-corrected chi connectivity index (χ3v) is 10.9. The molecule has 0 radical (unpaired) electrons. The van der Waals surface area contributed by atoms with Crippen LogP contribution >= 0.6 is 0 Å². The minimum absolute atomic E-state index is 0.192. The molecular weight excluding hydrogens is 407 g/mol. The lowest BCUT2D eigenvalue weighted by Crippen LogP contribution is -2.21. The molecule has 4 rings (SSSR count). The SMILES string of the molecule is CCCCC[SiH]1CCC(CCc2ccc(-c3ccc(-c4ccc(F)cc4)cc3)cc2)CC1. The third kappa shape index (κ3) is 6.42. The first-order valence-corrected chi connectivity index (χ1v) is 15.1. The molecule has 0 atom stereocenters. The van der Waals surface area contributed by atoms with Crippen LogP contribution in [-0.4, -0.2) is 8.80 Å². The molecule has 0 unspecified atom stereocenters. The summed E-state index contributed by atoms with van der Waals surface area (Å²) >= 11 is 0. The van der Waals surface area contributed by atoms with Gasteiger partial charge in [-0.1, -0.05) is 118 Å². The fourth-order valence-corrected chi connectivity index (χ4v) is 8.84. The van der Waals surface area contributed by atoms with Crippen LogP contribution in [0.25, 0.3) is 22.3 Å². The van der Waals surface area contributed by atoms with Gasteiger partial charge in [0.15, 0.2) is 0 Å². The summed E-state index contributed by atoms with van der Waals surface area (Å²) < 4.78 is 13.2. The van der Waals surface area contributed by atoms with Crippen molar-refractivity contribution in [3.05, 3.63) is 84.2 Å². The van der Waals surface area contributed by atoms with Crippen molar-refractivity contribution in [2.75, 3.05) is 0 Å². The minimum Gasteiger partial charge on any atom is -0.207 e. The zero-order valence-electron chi connectivity index (χ0n) is 19.5. The maximum absolute atomic E-state index is 13.2. The highest BCUT2D eigenvalue weighted by atomic mass is 28.3. The molecule has 1 saturated heterocycles. The van der Waals surface area contributed by atoms with Gasteiger partial charge in [0.1, 0.15) is 5.82 Å². The second-order valence-electron chi connectivity index (χ2n) is 9.70. The molecule has 0 bridgehead atoms. The summed E-state index contributed by atoms with van der Waals surface area (Å²) in [7, 11) is -0.380. The lowest BCUT2D eigenvalue weighted by atomic mass is 9.93. The highest BCUT2D eigenvalue weighted by Crippen LogP contribution is 2.31. The Hall–Kier alpha value is -2.19. The average molecular weight is 445 g/mol. The van der Waals surface area contributed by atoms with Crippen molar-refractivity contribution in [3.8, 4) is 22.3 Å². The van der Waals surface area contributed by atoms with Gasteiger partial charge in [-0.15, -0.1) is 0 Å². The van der Waals surface area contributed by atoms with E-state index in [4.69, 9.17) is 0 Å². The zero-order valence-corrected chi connectivity index (χ0v) is 20.7. The summed E-state index contributed by atoms with van der Waals surface area (Å²) in [5.41, 5.74) is 6.13. The van der Waals surface area contributed by atoms with E-state index in [0.29, 0.717) is 0 Å². The number of hydrogen-bond donors (Lipinski definition) is 0. The van der Waals surface area contributed by atoms with Crippen LogP contribution < -0.4 is 0 Å². The summed E-state index contributed by atoms with van der Waals surface area (Å²) in [5, 5.41) is 0. The molecule has 1 aliphatic rings. The first-order chi connectivity index (χ1) is 15.7. The fourth-order valence-electron chi connectivity index (χ4n) is 5.22. The molecule has 0 nitrogen and oxygen atoms in total. The Kier molecular flexibility index (Phi) is 8.34. The summed E-state index contributed by atoms with van der Waals surface area (Å²) in [4.78, 5) is 0. The Bertz CT molecular complexity index is 936. The smallest absolute Gasteiger partial charge is 0.123 e. The molecule has 3 aromatic rings. The Balaban J connectivity index is 1.26. The molecule has 0 spiro atoms. The van der Waals surface area contributed by atoms with Crippen LogP contribution in [-0.2, 0) is 6.42 Å². The van der Waals surface area contributed by atoms with Gasteiger partial charge in [0, 0.05) is 8.80 Å². The van der Waals surface area contributed by atoms with Gasteiger partial charge in [0.25, 0.3) is 0 Å². The van der Waals surface area contributed by atoms with Crippen LogP contribution in [0.15, 0.2) is 72.8 Å². The molecular formula is C30H37FSi. The molecule has 1 heterocycles. The number of hydrogen-bond acceptors (Lipinski definition) is 0. The summed E-state index contributed by atoms with van der Waals surface area (Å²) in [6.45, 7) is 2.32. The van der Waals surface area contributed by atoms with E-state index >= 15 is 0 Å². The third-order valence-electron chi connectivity index (χ3n) is 7.37. The lowest BCUT2D eigenvalue weighted by Gasteiger charge is -2.27. The molecule has 32 heavy (non-hydrogen) atoms. The number of halogens is 1. The van der Waals surface area contributed by atoms with Crippen LogP contribution in [0.5, 0.6) is 0 Å². The van der Waals surface area contributed by atoms with Gasteiger partial charge in [-0.05, 0) is 58.7 Å². The van der Waals surface area contributed by atoms with Crippen LogP contribution in [0.2, 0.25) is 18.1 Å². The lowest BCUT2D eigenvalue weighted by molar-refractivity contribution is 0.437. The van der Waals surface area contributed by atoms with E-state index in [1.807, 2.05) is 12.1 Å². The molecule has 2 heteroatoms. The van der Waals surface area contributed by atoms with Crippen molar-refractivity contribution < 1.29 is 4.39 Å². The van der Waals surface area contributed by atoms with Crippen LogP contribution in [0.3, 0.4) is 0 Å². The molecule has 168 valence electrons. The molecule has 0 N–H and O–H groups in total. The summed E-state index contributed by atoms with van der Waals surface area (Å²) in [5.74, 6) is 0.769. The summed E-state index contributed by atoms with van der Waals surface area (Å²) in [6.07, 6.45) is 9.89. The molecule has 0 aromatic heterocycles. The topological polar surface area (TPSA) is 0 Å². The van der Waals surface area contributed by atoms with Gasteiger partial charge in [0.2, 0.25) is 0 Å². The van der Waals surface area contributed by atoms with Crippen molar-refractivity contribution in [1.29, 1.82) is 0 Å². The van der Waals surface area contributed by atoms with Crippen molar-refractivity contribution in [2.45, 2.75) is 70.0 Å². The average Bonchev–Trinajstić information content (AvgIpc) is 2.85. The molecule has 0 saturated carbocycles. The van der Waals surface area contributed by atoms with Crippen molar-refractivity contribution in [2.24, 2.45) is 5.92 Å². The van der Waals surface area contributed by atoms with Crippen molar-refractivity contribution in [1.82, 2.24) is 0 Å². The normalized spacial score (nSPS) is 18.6. The van der Waals surface area contributed by atoms with E-state index in [9.17, 15) is 4.39 Å². The van der Waals surface area contributed by atoms with Crippen LogP contribution in [0.4, 0.5) is 4.39 Å². The quantitative estimate of drug-likeness (QED) is 0.228. The van der Waals surface area contributed by atoms with E-state index in [-0.39, 0.29) is 14.6 Å². The van der Waals surface area contributed by atoms with Crippen LogP contribution in [0, 0.1) is 11.7 Å². The molecule has 1 fully saturated rings. The molecule has 0 aliphatic carbocycles. The maximum atomic E-state index is 13.2. The molecule has 0 amide bonds. The largest absolute Gasteiger partial charge is 0.207 e. The van der Waals surface area contributed by atoms with Gasteiger partial charge in [-0.2, -0.15) is 0 Å². The molecule has 3 aromatic carbocycles. The van der Waals surface area contributed by atoms with Gasteiger partial charge in [-0.25, -0.2) is 4.39 Å². The predicted octanol–water partition coefficient (Wildman–Crippen LogP) is 8.92. The highest BCUT2D eigenvalue weighted by Gasteiger charge is 2.21. The maximum Gasteiger partial charge on any atom is 0.123 e. The first-order valence-electron chi connectivity index (χ1n) is 12.7. The Morgan fingerprint density at radius 3 is 1.75 bits per heavy atom. The standard InChI is InChI=1S/C30H37FSi/c1-2-3-4-21-32-22-19-25(20-23-32)6-5-24-7-9-26(10-8-24)27-11-13-28(14-12-27)29-15-17-30(31)18-16-29/h7-18,25,32H,2-6,19-23H2,1H3. The highest BCUT2D eigenvalue weighted by molar-refractivity contribution is 6.58. The van der Waals surface area contributed by atoms with Crippen molar-refractivity contribution >= 4 is 8.80 Å². The predicted molar refractivity (Wildman–Crippen MR) is 139 cm³/mol. The minimum atomic E-state index is -0.380. The second kappa shape index (κ2) is 11.6. The van der Waals surface area contributed by atoms with E-state index in [2.05, 4.69) is 55.5 Å². The monoisotopic (exact) mass is 444 g/mol. The van der Waals surface area contributed by atoms with Gasteiger partial charge in [0.05, 0.1) is 0 Å². The van der Waals surface area contributed by atoms with Gasteiger partial charge in [-0.3, -0.25) is 0 Å².